The van der Waals surface area contributed by atoms with Crippen LogP contribution in [0.25, 0.3) is 0 Å². The first kappa shape index (κ1) is 11.0. The van der Waals surface area contributed by atoms with Crippen LogP contribution >= 0.6 is 15.9 Å². The number of pyridine rings is 1. The van der Waals surface area contributed by atoms with Gasteiger partial charge in [-0.15, -0.1) is 0 Å². The zero-order valence-corrected chi connectivity index (χ0v) is 9.54. The van der Waals surface area contributed by atoms with Gasteiger partial charge in [-0.25, -0.2) is 13.8 Å². The highest BCUT2D eigenvalue weighted by Gasteiger charge is 2.09. The van der Waals surface area contributed by atoms with Crippen LogP contribution in [-0.2, 0) is 0 Å². The quantitative estimate of drug-likeness (QED) is 0.835. The van der Waals surface area contributed by atoms with Gasteiger partial charge < -0.3 is 4.74 Å². The first-order valence-corrected chi connectivity index (χ1v) is 5.19. The van der Waals surface area contributed by atoms with E-state index in [2.05, 4.69) is 20.9 Å². The molecule has 0 aliphatic heterocycles. The fraction of sp³-hybridized carbons (Fsp3) is 0. The maximum atomic E-state index is 13.3. The van der Waals surface area contributed by atoms with Gasteiger partial charge in [-0.05, 0) is 30.3 Å². The van der Waals surface area contributed by atoms with Gasteiger partial charge in [0.2, 0.25) is 0 Å². The number of hydrogen-bond acceptors (Lipinski definition) is 2. The molecule has 0 saturated carbocycles. The lowest BCUT2D eigenvalue weighted by Crippen LogP contribution is -1.93. The Balaban J connectivity index is 2.34. The molecule has 0 amide bonds. The molecule has 2 aromatic rings. The number of aromatic nitrogens is 1. The molecule has 82 valence electrons. The smallest absolute Gasteiger partial charge is 0.255 e. The topological polar surface area (TPSA) is 22.1 Å². The van der Waals surface area contributed by atoms with Gasteiger partial charge in [0.15, 0.2) is 17.4 Å². The Bertz CT molecular complexity index is 519. The van der Waals surface area contributed by atoms with E-state index in [9.17, 15) is 8.78 Å². The van der Waals surface area contributed by atoms with Crippen molar-refractivity contribution in [1.29, 1.82) is 0 Å². The molecule has 5 heteroatoms. The molecule has 1 heterocycles. The van der Waals surface area contributed by atoms with E-state index in [1.54, 1.807) is 0 Å². The van der Waals surface area contributed by atoms with Crippen LogP contribution in [0.2, 0.25) is 0 Å². The SMILES string of the molecule is Fc1ccc(Br)cc1Oc1ncccc1F. The van der Waals surface area contributed by atoms with Crippen molar-refractivity contribution in [3.63, 3.8) is 0 Å². The molecule has 0 radical (unpaired) electrons. The van der Waals surface area contributed by atoms with Gasteiger partial charge >= 0.3 is 0 Å². The normalized spacial score (nSPS) is 10.2. The van der Waals surface area contributed by atoms with Crippen molar-refractivity contribution < 1.29 is 13.5 Å². The van der Waals surface area contributed by atoms with Crippen LogP contribution in [0.5, 0.6) is 11.6 Å². The van der Waals surface area contributed by atoms with Crippen LogP contribution in [-0.4, -0.2) is 4.98 Å². The van der Waals surface area contributed by atoms with E-state index < -0.39 is 11.6 Å². The highest BCUT2D eigenvalue weighted by atomic mass is 79.9. The highest BCUT2D eigenvalue weighted by Crippen LogP contribution is 2.27. The van der Waals surface area contributed by atoms with Crippen LogP contribution in [0.3, 0.4) is 0 Å². The molecule has 2 rings (SSSR count). The Morgan fingerprint density at radius 1 is 1.12 bits per heavy atom. The van der Waals surface area contributed by atoms with Crippen molar-refractivity contribution >= 4 is 15.9 Å². The van der Waals surface area contributed by atoms with Gasteiger partial charge in [0.05, 0.1) is 0 Å². The maximum absolute atomic E-state index is 13.3. The third kappa shape index (κ3) is 2.36. The second kappa shape index (κ2) is 4.57. The van der Waals surface area contributed by atoms with Crippen molar-refractivity contribution in [2.24, 2.45) is 0 Å². The van der Waals surface area contributed by atoms with Crippen molar-refractivity contribution in [1.82, 2.24) is 4.98 Å². The van der Waals surface area contributed by atoms with E-state index in [0.717, 1.165) is 0 Å². The van der Waals surface area contributed by atoms with E-state index >= 15 is 0 Å². The zero-order valence-electron chi connectivity index (χ0n) is 7.95. The summed E-state index contributed by atoms with van der Waals surface area (Å²) in [5.74, 6) is -1.54. The van der Waals surface area contributed by atoms with E-state index in [1.807, 2.05) is 0 Å². The average molecular weight is 286 g/mol. The van der Waals surface area contributed by atoms with Gasteiger partial charge in [-0.1, -0.05) is 15.9 Å². The summed E-state index contributed by atoms with van der Waals surface area (Å²) < 4.78 is 32.1. The standard InChI is InChI=1S/C11H6BrF2NO/c12-7-3-4-8(13)10(6-7)16-11-9(14)2-1-5-15-11/h1-6H. The highest BCUT2D eigenvalue weighted by molar-refractivity contribution is 9.10. The summed E-state index contributed by atoms with van der Waals surface area (Å²) in [6.45, 7) is 0. The molecular weight excluding hydrogens is 280 g/mol. The Morgan fingerprint density at radius 3 is 2.69 bits per heavy atom. The number of benzene rings is 1. The molecular formula is C11H6BrF2NO. The van der Waals surface area contributed by atoms with E-state index in [1.165, 1.54) is 36.5 Å². The van der Waals surface area contributed by atoms with Gasteiger partial charge in [-0.2, -0.15) is 0 Å². The van der Waals surface area contributed by atoms with Crippen LogP contribution in [0, 0.1) is 11.6 Å². The summed E-state index contributed by atoms with van der Waals surface area (Å²) >= 11 is 3.17. The van der Waals surface area contributed by atoms with E-state index in [4.69, 9.17) is 4.74 Å². The number of nitrogens with zero attached hydrogens (tertiary/aromatic N) is 1. The lowest BCUT2D eigenvalue weighted by molar-refractivity contribution is 0.398. The van der Waals surface area contributed by atoms with Gasteiger partial charge in [0.1, 0.15) is 0 Å². The van der Waals surface area contributed by atoms with Crippen LogP contribution in [0.1, 0.15) is 0 Å². The van der Waals surface area contributed by atoms with Gasteiger partial charge in [0.25, 0.3) is 5.88 Å². The van der Waals surface area contributed by atoms with Crippen molar-refractivity contribution in [2.75, 3.05) is 0 Å². The average Bonchev–Trinajstić information content (AvgIpc) is 2.27. The molecule has 2 nitrogen and oxygen atoms in total. The molecule has 1 aromatic carbocycles. The van der Waals surface area contributed by atoms with Gasteiger partial charge in [-0.3, -0.25) is 0 Å². The molecule has 0 N–H and O–H groups in total. The molecule has 0 atom stereocenters. The van der Waals surface area contributed by atoms with Gasteiger partial charge in [0, 0.05) is 10.7 Å². The fourth-order valence-electron chi connectivity index (χ4n) is 1.11. The molecule has 16 heavy (non-hydrogen) atoms. The third-order valence-corrected chi connectivity index (χ3v) is 2.32. The Morgan fingerprint density at radius 2 is 1.94 bits per heavy atom. The summed E-state index contributed by atoms with van der Waals surface area (Å²) in [4.78, 5) is 3.67. The predicted molar refractivity (Wildman–Crippen MR) is 58.4 cm³/mol. The first-order chi connectivity index (χ1) is 7.66. The second-order valence-electron chi connectivity index (χ2n) is 2.97. The van der Waals surface area contributed by atoms with Crippen LogP contribution < -0.4 is 4.74 Å². The molecule has 0 aliphatic carbocycles. The summed E-state index contributed by atoms with van der Waals surface area (Å²) in [5.41, 5.74) is 0. The summed E-state index contributed by atoms with van der Waals surface area (Å²) in [6, 6.07) is 6.78. The number of rotatable bonds is 2. The van der Waals surface area contributed by atoms with E-state index in [0.29, 0.717) is 4.47 Å². The summed E-state index contributed by atoms with van der Waals surface area (Å²) in [6.07, 6.45) is 1.37. The third-order valence-electron chi connectivity index (χ3n) is 1.82. The van der Waals surface area contributed by atoms with Crippen LogP contribution in [0.15, 0.2) is 41.0 Å². The largest absolute Gasteiger partial charge is 0.433 e. The number of halogens is 3. The number of ether oxygens (including phenoxy) is 1. The molecule has 0 bridgehead atoms. The molecule has 0 spiro atoms. The number of hydrogen-bond donors (Lipinski definition) is 0. The Labute approximate surface area is 99.0 Å². The fourth-order valence-corrected chi connectivity index (χ4v) is 1.45. The lowest BCUT2D eigenvalue weighted by atomic mass is 10.3. The predicted octanol–water partition coefficient (Wildman–Crippen LogP) is 3.91. The van der Waals surface area contributed by atoms with Crippen molar-refractivity contribution in [2.45, 2.75) is 0 Å². The maximum Gasteiger partial charge on any atom is 0.255 e. The lowest BCUT2D eigenvalue weighted by Gasteiger charge is -2.06. The van der Waals surface area contributed by atoms with E-state index in [-0.39, 0.29) is 11.6 Å². The summed E-state index contributed by atoms with van der Waals surface area (Å²) in [7, 11) is 0. The Kier molecular flexibility index (Phi) is 3.14. The first-order valence-electron chi connectivity index (χ1n) is 4.40. The van der Waals surface area contributed by atoms with Crippen molar-refractivity contribution in [3.8, 4) is 11.6 Å². The van der Waals surface area contributed by atoms with Crippen molar-refractivity contribution in [3.05, 3.63) is 52.6 Å². The minimum atomic E-state index is -0.637. The molecule has 0 aliphatic rings. The zero-order chi connectivity index (χ0) is 11.5. The molecule has 0 unspecified atom stereocenters. The minimum Gasteiger partial charge on any atom is -0.433 e. The molecule has 0 saturated heterocycles. The monoisotopic (exact) mass is 285 g/mol. The molecule has 1 aromatic heterocycles. The van der Waals surface area contributed by atoms with Crippen LogP contribution in [0.4, 0.5) is 8.78 Å². The summed E-state index contributed by atoms with van der Waals surface area (Å²) in [5, 5.41) is 0. The minimum absolute atomic E-state index is 0.0769. The second-order valence-corrected chi connectivity index (χ2v) is 3.88. The molecule has 0 fully saturated rings. The Hall–Kier alpha value is -1.49.